The van der Waals surface area contributed by atoms with E-state index >= 15 is 0 Å². The van der Waals surface area contributed by atoms with Gasteiger partial charge in [-0.05, 0) is 24.3 Å². The van der Waals surface area contributed by atoms with Crippen molar-refractivity contribution in [2.75, 3.05) is 5.32 Å². The number of benzene rings is 1. The second kappa shape index (κ2) is 6.00. The van der Waals surface area contributed by atoms with Crippen LogP contribution in [0.5, 0.6) is 0 Å². The molecule has 0 spiro atoms. The molecule has 5 heteroatoms. The molecule has 2 heterocycles. The van der Waals surface area contributed by atoms with Crippen LogP contribution in [-0.4, -0.2) is 20.7 Å². The maximum absolute atomic E-state index is 12.0. The van der Waals surface area contributed by atoms with E-state index in [4.69, 9.17) is 0 Å². The number of aromatic nitrogens is 3. The second-order valence-electron chi connectivity index (χ2n) is 4.54. The van der Waals surface area contributed by atoms with Crippen LogP contribution in [0.4, 0.5) is 5.82 Å². The third-order valence-corrected chi connectivity index (χ3v) is 2.97. The molecule has 3 rings (SSSR count). The Morgan fingerprint density at radius 2 is 1.86 bits per heavy atom. The molecule has 1 aromatic carbocycles. The lowest BCUT2D eigenvalue weighted by Crippen LogP contribution is -2.12. The van der Waals surface area contributed by atoms with Crippen molar-refractivity contribution in [1.29, 1.82) is 0 Å². The minimum Gasteiger partial charge on any atom is -0.305 e. The molecule has 0 aliphatic rings. The number of nitrogens with one attached hydrogen (secondary N) is 1. The van der Waals surface area contributed by atoms with Gasteiger partial charge in [-0.25, -0.2) is 0 Å². The lowest BCUT2D eigenvalue weighted by Gasteiger charge is -2.02. The Labute approximate surface area is 122 Å². The molecule has 0 aliphatic heterocycles. The highest BCUT2D eigenvalue weighted by Gasteiger charge is 2.07. The number of rotatable bonds is 4. The number of hydrogen-bond acceptors (Lipinski definition) is 3. The van der Waals surface area contributed by atoms with Gasteiger partial charge in [0.2, 0.25) is 0 Å². The van der Waals surface area contributed by atoms with Gasteiger partial charge in [-0.1, -0.05) is 24.3 Å². The number of hydrogen-bond donors (Lipinski definition) is 1. The summed E-state index contributed by atoms with van der Waals surface area (Å²) < 4.78 is 1.74. The average molecular weight is 278 g/mol. The van der Waals surface area contributed by atoms with Crippen molar-refractivity contribution in [1.82, 2.24) is 14.8 Å². The van der Waals surface area contributed by atoms with Crippen LogP contribution in [0, 0.1) is 0 Å². The van der Waals surface area contributed by atoms with Crippen molar-refractivity contribution < 1.29 is 4.79 Å². The maximum Gasteiger partial charge on any atom is 0.256 e. The molecule has 21 heavy (non-hydrogen) atoms. The first kappa shape index (κ1) is 13.1. The maximum atomic E-state index is 12.0. The van der Waals surface area contributed by atoms with E-state index in [9.17, 15) is 4.79 Å². The van der Waals surface area contributed by atoms with E-state index in [0.29, 0.717) is 17.9 Å². The summed E-state index contributed by atoms with van der Waals surface area (Å²) in [4.78, 5) is 16.3. The number of pyridine rings is 1. The molecule has 0 saturated carbocycles. The first-order chi connectivity index (χ1) is 10.3. The molecule has 1 amide bonds. The Kier molecular flexibility index (Phi) is 3.73. The molecule has 104 valence electrons. The minimum atomic E-state index is -0.168. The molecule has 0 radical (unpaired) electrons. The Hall–Kier alpha value is -2.95. The third-order valence-electron chi connectivity index (χ3n) is 2.97. The molecule has 0 fully saturated rings. The van der Waals surface area contributed by atoms with Gasteiger partial charge < -0.3 is 5.32 Å². The van der Waals surface area contributed by atoms with Crippen LogP contribution in [0.2, 0.25) is 0 Å². The van der Waals surface area contributed by atoms with Gasteiger partial charge in [-0.15, -0.1) is 0 Å². The fourth-order valence-corrected chi connectivity index (χ4v) is 1.95. The smallest absolute Gasteiger partial charge is 0.256 e. The summed E-state index contributed by atoms with van der Waals surface area (Å²) in [7, 11) is 0. The van der Waals surface area contributed by atoms with E-state index < -0.39 is 0 Å². The highest BCUT2D eigenvalue weighted by Crippen LogP contribution is 2.07. The van der Waals surface area contributed by atoms with Gasteiger partial charge in [0.05, 0.1) is 12.2 Å². The van der Waals surface area contributed by atoms with E-state index in [-0.39, 0.29) is 5.91 Å². The van der Waals surface area contributed by atoms with Crippen molar-refractivity contribution >= 4 is 11.7 Å². The molecule has 0 bridgehead atoms. The highest BCUT2D eigenvalue weighted by molar-refractivity contribution is 6.03. The zero-order chi connectivity index (χ0) is 14.5. The Morgan fingerprint density at radius 1 is 1.05 bits per heavy atom. The topological polar surface area (TPSA) is 59.8 Å². The van der Waals surface area contributed by atoms with E-state index in [1.54, 1.807) is 29.1 Å². The van der Waals surface area contributed by atoms with Gasteiger partial charge in [0.25, 0.3) is 5.91 Å². The van der Waals surface area contributed by atoms with Crippen LogP contribution in [0.15, 0.2) is 67.0 Å². The number of nitrogens with zero attached hydrogens (tertiary/aromatic N) is 3. The zero-order valence-corrected chi connectivity index (χ0v) is 11.3. The highest BCUT2D eigenvalue weighted by atomic mass is 16.1. The van der Waals surface area contributed by atoms with Crippen molar-refractivity contribution in [2.24, 2.45) is 0 Å². The molecule has 3 aromatic rings. The predicted molar refractivity (Wildman–Crippen MR) is 80.0 cm³/mol. The van der Waals surface area contributed by atoms with Crippen LogP contribution in [0.3, 0.4) is 0 Å². The monoisotopic (exact) mass is 278 g/mol. The number of anilines is 1. The summed E-state index contributed by atoms with van der Waals surface area (Å²) in [5.74, 6) is 0.360. The van der Waals surface area contributed by atoms with Crippen molar-refractivity contribution in [3.63, 3.8) is 0 Å². The van der Waals surface area contributed by atoms with Gasteiger partial charge in [-0.3, -0.25) is 14.5 Å². The van der Waals surface area contributed by atoms with Gasteiger partial charge in [0, 0.05) is 24.0 Å². The summed E-state index contributed by atoms with van der Waals surface area (Å²) in [6.07, 6.45) is 3.56. The van der Waals surface area contributed by atoms with Crippen molar-refractivity contribution in [2.45, 2.75) is 6.54 Å². The zero-order valence-electron chi connectivity index (χ0n) is 11.3. The summed E-state index contributed by atoms with van der Waals surface area (Å²) in [5, 5.41) is 7.09. The molecule has 0 aliphatic carbocycles. The predicted octanol–water partition coefficient (Wildman–Crippen LogP) is 2.58. The van der Waals surface area contributed by atoms with Crippen molar-refractivity contribution in [3.8, 4) is 0 Å². The van der Waals surface area contributed by atoms with Crippen LogP contribution in [-0.2, 0) is 6.54 Å². The SMILES string of the molecule is O=C(Nc1ccn(Cc2ccccn2)n1)c1ccccc1. The van der Waals surface area contributed by atoms with Gasteiger partial charge in [0.1, 0.15) is 0 Å². The fourth-order valence-electron chi connectivity index (χ4n) is 1.95. The van der Waals surface area contributed by atoms with E-state index in [2.05, 4.69) is 15.4 Å². The Morgan fingerprint density at radius 3 is 2.62 bits per heavy atom. The van der Waals surface area contributed by atoms with Gasteiger partial charge >= 0.3 is 0 Å². The lowest BCUT2D eigenvalue weighted by molar-refractivity contribution is 0.102. The summed E-state index contributed by atoms with van der Waals surface area (Å²) >= 11 is 0. The number of carbonyl (C=O) groups is 1. The number of carbonyl (C=O) groups excluding carboxylic acids is 1. The lowest BCUT2D eigenvalue weighted by atomic mass is 10.2. The third kappa shape index (κ3) is 3.33. The van der Waals surface area contributed by atoms with Gasteiger partial charge in [0.15, 0.2) is 5.82 Å². The first-order valence-electron chi connectivity index (χ1n) is 6.61. The largest absolute Gasteiger partial charge is 0.305 e. The van der Waals surface area contributed by atoms with Crippen LogP contribution in [0.1, 0.15) is 16.1 Å². The summed E-state index contributed by atoms with van der Waals surface area (Å²) in [6, 6.07) is 16.6. The standard InChI is InChI=1S/C16H14N4O/c21-16(13-6-2-1-3-7-13)18-15-9-11-20(19-15)12-14-8-4-5-10-17-14/h1-11H,12H2,(H,18,19,21). The summed E-state index contributed by atoms with van der Waals surface area (Å²) in [6.45, 7) is 0.571. The molecule has 2 aromatic heterocycles. The van der Waals surface area contributed by atoms with Crippen LogP contribution in [0.25, 0.3) is 0 Å². The Balaban J connectivity index is 1.67. The van der Waals surface area contributed by atoms with Crippen molar-refractivity contribution in [3.05, 3.63) is 78.2 Å². The van der Waals surface area contributed by atoms with Gasteiger partial charge in [-0.2, -0.15) is 5.10 Å². The van der Waals surface area contributed by atoms with E-state index in [0.717, 1.165) is 5.69 Å². The van der Waals surface area contributed by atoms with Crippen LogP contribution < -0.4 is 5.32 Å². The van der Waals surface area contributed by atoms with E-state index in [1.807, 2.05) is 42.6 Å². The molecule has 5 nitrogen and oxygen atoms in total. The fraction of sp³-hybridized carbons (Fsp3) is 0.0625. The molecular formula is C16H14N4O. The van der Waals surface area contributed by atoms with Crippen LogP contribution >= 0.6 is 0 Å². The molecule has 1 N–H and O–H groups in total. The normalized spacial score (nSPS) is 10.3. The molecule has 0 unspecified atom stereocenters. The first-order valence-corrected chi connectivity index (χ1v) is 6.61. The Bertz CT molecular complexity index is 722. The molecule has 0 saturated heterocycles. The average Bonchev–Trinajstić information content (AvgIpc) is 2.96. The molecule has 0 atom stereocenters. The minimum absolute atomic E-state index is 0.168. The van der Waals surface area contributed by atoms with E-state index in [1.165, 1.54) is 0 Å². The second-order valence-corrected chi connectivity index (χ2v) is 4.54. The quantitative estimate of drug-likeness (QED) is 0.798. The molecular weight excluding hydrogens is 264 g/mol. The summed E-state index contributed by atoms with van der Waals surface area (Å²) in [5.41, 5.74) is 1.53. The number of amides is 1.